The maximum Gasteiger partial charge on any atom is 0.303 e. The topological polar surface area (TPSA) is 156 Å². The Morgan fingerprint density at radius 3 is 1.34 bits per heavy atom. The standard InChI is InChI=1S/C18H36O2.C9H16O6/c1-2-3-4-5-6-7-8-9-10-11-12-13-14-15-16-17-18(19)20;1-4(2)6(12)8(14)9(15)7(13)5(11)3-10/h2-17H2,1H3,(H,19,20);3,5,7-9,11-15H,1-2H3/t;5-,7+,8+,9-/m.0/s1. The van der Waals surface area contributed by atoms with E-state index in [1.807, 2.05) is 0 Å². The molecule has 4 atom stereocenters. The molecule has 0 aromatic rings. The maximum absolute atomic E-state index is 10.3. The van der Waals surface area contributed by atoms with E-state index in [0.717, 1.165) is 12.8 Å². The predicted octanol–water partition coefficient (Wildman–Crippen LogP) is 4.81. The second-order valence-electron chi connectivity index (χ2n) is 9.53. The fraction of sp³-hybridized carbons (Fsp3) is 0.852. The Kier molecular flexibility index (Phi) is 24.7. The zero-order chi connectivity index (χ0) is 27.1. The molecule has 0 unspecified atom stereocenters. The van der Waals surface area contributed by atoms with Crippen LogP contribution in [0.4, 0.5) is 0 Å². The molecule has 0 saturated carbocycles. The molecule has 0 heterocycles. The van der Waals surface area contributed by atoms with E-state index in [9.17, 15) is 24.9 Å². The van der Waals surface area contributed by atoms with Gasteiger partial charge in [-0.3, -0.25) is 4.79 Å². The Labute approximate surface area is 212 Å². The number of hydrogen-bond donors (Lipinski definition) is 6. The molecule has 0 aliphatic rings. The summed E-state index contributed by atoms with van der Waals surface area (Å²) in [6.07, 6.45) is 13.0. The average molecular weight is 505 g/mol. The summed E-state index contributed by atoms with van der Waals surface area (Å²) < 4.78 is 0. The van der Waals surface area contributed by atoms with E-state index in [-0.39, 0.29) is 6.29 Å². The van der Waals surface area contributed by atoms with Crippen molar-refractivity contribution in [2.45, 2.75) is 148 Å². The van der Waals surface area contributed by atoms with E-state index < -0.39 is 36.1 Å². The summed E-state index contributed by atoms with van der Waals surface area (Å²) in [4.78, 5) is 20.4. The van der Waals surface area contributed by atoms with E-state index in [1.165, 1.54) is 97.3 Å². The lowest BCUT2D eigenvalue weighted by atomic mass is 10.0. The van der Waals surface area contributed by atoms with Gasteiger partial charge in [0.25, 0.3) is 0 Å². The SMILES string of the molecule is CC(C)=C(O)[C@@H](O)[C@@H](O)[C@H](O)[C@@H](O)C=O.CCCCCCCCCCCCCCCCCC(=O)O. The average Bonchev–Trinajstić information content (AvgIpc) is 2.84. The van der Waals surface area contributed by atoms with Crippen LogP contribution in [0.5, 0.6) is 0 Å². The van der Waals surface area contributed by atoms with Gasteiger partial charge < -0.3 is 35.4 Å². The third-order valence-corrected chi connectivity index (χ3v) is 5.95. The lowest BCUT2D eigenvalue weighted by Gasteiger charge is -2.24. The highest BCUT2D eigenvalue weighted by atomic mass is 16.4. The zero-order valence-corrected chi connectivity index (χ0v) is 22.2. The molecule has 8 nitrogen and oxygen atoms in total. The van der Waals surface area contributed by atoms with Crippen LogP contribution in [0.2, 0.25) is 0 Å². The minimum Gasteiger partial charge on any atom is -0.510 e. The van der Waals surface area contributed by atoms with Crippen LogP contribution in [0.1, 0.15) is 124 Å². The molecule has 0 rings (SSSR count). The van der Waals surface area contributed by atoms with Crippen LogP contribution in [0.3, 0.4) is 0 Å². The van der Waals surface area contributed by atoms with Gasteiger partial charge in [-0.25, -0.2) is 0 Å². The Bertz CT molecular complexity index is 545. The van der Waals surface area contributed by atoms with Crippen molar-refractivity contribution < 1.29 is 40.2 Å². The molecule has 0 bridgehead atoms. The number of hydrogen-bond acceptors (Lipinski definition) is 7. The van der Waals surface area contributed by atoms with Gasteiger partial charge in [-0.15, -0.1) is 0 Å². The molecule has 0 radical (unpaired) electrons. The van der Waals surface area contributed by atoms with Crippen molar-refractivity contribution in [3.8, 4) is 0 Å². The molecule has 6 N–H and O–H groups in total. The molecule has 0 aromatic heterocycles. The molecule has 0 aliphatic carbocycles. The number of aliphatic carboxylic acids is 1. The number of carboxylic acids is 1. The van der Waals surface area contributed by atoms with Gasteiger partial charge in [0.05, 0.1) is 0 Å². The number of aliphatic hydroxyl groups is 5. The minimum atomic E-state index is -1.85. The largest absolute Gasteiger partial charge is 0.510 e. The summed E-state index contributed by atoms with van der Waals surface area (Å²) in [5, 5.41) is 54.4. The molecule has 35 heavy (non-hydrogen) atoms. The Morgan fingerprint density at radius 2 is 1.03 bits per heavy atom. The van der Waals surface area contributed by atoms with Crippen LogP contribution >= 0.6 is 0 Å². The van der Waals surface area contributed by atoms with Crippen molar-refractivity contribution in [2.75, 3.05) is 0 Å². The fourth-order valence-corrected chi connectivity index (χ4v) is 3.57. The van der Waals surface area contributed by atoms with Gasteiger partial charge in [0.2, 0.25) is 0 Å². The van der Waals surface area contributed by atoms with E-state index in [0.29, 0.717) is 12.0 Å². The summed E-state index contributed by atoms with van der Waals surface area (Å²) in [6.45, 7) is 5.26. The van der Waals surface area contributed by atoms with Gasteiger partial charge >= 0.3 is 5.97 Å². The fourth-order valence-electron chi connectivity index (χ4n) is 3.57. The number of allylic oxidation sites excluding steroid dienone is 1. The van der Waals surface area contributed by atoms with Crippen LogP contribution in [-0.2, 0) is 9.59 Å². The van der Waals surface area contributed by atoms with Gasteiger partial charge in [-0.05, 0) is 25.8 Å². The molecule has 0 saturated heterocycles. The van der Waals surface area contributed by atoms with E-state index in [4.69, 9.17) is 15.3 Å². The number of carbonyl (C=O) groups is 2. The second-order valence-corrected chi connectivity index (χ2v) is 9.53. The quantitative estimate of drug-likeness (QED) is 0.0738. The molecular weight excluding hydrogens is 452 g/mol. The van der Waals surface area contributed by atoms with E-state index in [2.05, 4.69) is 6.92 Å². The molecule has 0 amide bonds. The summed E-state index contributed by atoms with van der Waals surface area (Å²) in [7, 11) is 0. The van der Waals surface area contributed by atoms with Gasteiger partial charge in [0.15, 0.2) is 6.29 Å². The second kappa shape index (κ2) is 24.2. The molecule has 0 aliphatic heterocycles. The third-order valence-electron chi connectivity index (χ3n) is 5.95. The van der Waals surface area contributed by atoms with Crippen LogP contribution < -0.4 is 0 Å². The van der Waals surface area contributed by atoms with Crippen LogP contribution in [0, 0.1) is 0 Å². The van der Waals surface area contributed by atoms with Crippen LogP contribution in [0.25, 0.3) is 0 Å². The summed E-state index contributed by atoms with van der Waals surface area (Å²) in [6, 6.07) is 0. The van der Waals surface area contributed by atoms with Gasteiger partial charge in [0.1, 0.15) is 30.2 Å². The van der Waals surface area contributed by atoms with Crippen molar-refractivity contribution in [2.24, 2.45) is 0 Å². The number of carboxylic acid groups (broad SMARTS) is 1. The Balaban J connectivity index is 0. The number of carbonyl (C=O) groups excluding carboxylic acids is 1. The highest BCUT2D eigenvalue weighted by Crippen LogP contribution is 2.14. The first-order valence-electron chi connectivity index (χ1n) is 13.4. The minimum absolute atomic E-state index is 0.0279. The van der Waals surface area contributed by atoms with Crippen LogP contribution in [-0.4, -0.2) is 67.3 Å². The number of unbranched alkanes of at least 4 members (excludes halogenated alkanes) is 14. The molecule has 0 aromatic carbocycles. The van der Waals surface area contributed by atoms with E-state index >= 15 is 0 Å². The molecule has 0 fully saturated rings. The summed E-state index contributed by atoms with van der Waals surface area (Å²) in [5.74, 6) is -1.15. The first-order valence-corrected chi connectivity index (χ1v) is 13.4. The summed E-state index contributed by atoms with van der Waals surface area (Å²) in [5.41, 5.74) is 0.356. The van der Waals surface area contributed by atoms with Gasteiger partial charge in [-0.1, -0.05) is 96.8 Å². The monoisotopic (exact) mass is 504 g/mol. The molecule has 8 heteroatoms. The van der Waals surface area contributed by atoms with E-state index in [1.54, 1.807) is 0 Å². The molecule has 208 valence electrons. The summed E-state index contributed by atoms with van der Waals surface area (Å²) >= 11 is 0. The van der Waals surface area contributed by atoms with Crippen molar-refractivity contribution in [1.29, 1.82) is 0 Å². The Hall–Kier alpha value is -1.48. The zero-order valence-electron chi connectivity index (χ0n) is 22.2. The highest BCUT2D eigenvalue weighted by Gasteiger charge is 2.32. The van der Waals surface area contributed by atoms with Crippen molar-refractivity contribution >= 4 is 12.3 Å². The first kappa shape index (κ1) is 35.7. The lowest BCUT2D eigenvalue weighted by molar-refractivity contribution is -0.137. The number of aliphatic hydroxyl groups excluding tert-OH is 5. The van der Waals surface area contributed by atoms with Crippen molar-refractivity contribution in [1.82, 2.24) is 0 Å². The lowest BCUT2D eigenvalue weighted by Crippen LogP contribution is -2.45. The normalized spacial score (nSPS) is 14.3. The highest BCUT2D eigenvalue weighted by molar-refractivity contribution is 5.66. The predicted molar refractivity (Wildman–Crippen MR) is 138 cm³/mol. The number of aldehydes is 1. The smallest absolute Gasteiger partial charge is 0.303 e. The van der Waals surface area contributed by atoms with Crippen molar-refractivity contribution in [3.05, 3.63) is 11.3 Å². The Morgan fingerprint density at radius 1 is 0.657 bits per heavy atom. The van der Waals surface area contributed by atoms with Crippen molar-refractivity contribution in [3.63, 3.8) is 0 Å². The van der Waals surface area contributed by atoms with Crippen LogP contribution in [0.15, 0.2) is 11.3 Å². The van der Waals surface area contributed by atoms with Gasteiger partial charge in [0, 0.05) is 6.42 Å². The first-order chi connectivity index (χ1) is 16.6. The molecule has 0 spiro atoms. The van der Waals surface area contributed by atoms with Gasteiger partial charge in [-0.2, -0.15) is 0 Å². The third kappa shape index (κ3) is 21.5. The maximum atomic E-state index is 10.3. The molecular formula is C27H52O8. The number of rotatable bonds is 21.